The lowest BCUT2D eigenvalue weighted by Gasteiger charge is -2.37. The monoisotopic (exact) mass is 287 g/mol. The molecule has 1 aromatic heterocycles. The van der Waals surface area contributed by atoms with E-state index in [4.69, 9.17) is 4.98 Å². The van der Waals surface area contributed by atoms with Gasteiger partial charge in [0.15, 0.2) is 0 Å². The van der Waals surface area contributed by atoms with Crippen LogP contribution in [0.15, 0.2) is 24.3 Å². The summed E-state index contributed by atoms with van der Waals surface area (Å²) >= 11 is 0. The highest BCUT2D eigenvalue weighted by Crippen LogP contribution is 2.38. The zero-order valence-corrected chi connectivity index (χ0v) is 12.8. The van der Waals surface area contributed by atoms with Crippen molar-refractivity contribution in [3.05, 3.63) is 30.1 Å². The first-order valence-electron chi connectivity index (χ1n) is 8.08. The molecule has 1 fully saturated rings. The van der Waals surface area contributed by atoms with Crippen molar-refractivity contribution in [2.24, 2.45) is 0 Å². The quantitative estimate of drug-likeness (QED) is 0.888. The third kappa shape index (κ3) is 2.58. The van der Waals surface area contributed by atoms with Crippen LogP contribution in [0.25, 0.3) is 11.0 Å². The lowest BCUT2D eigenvalue weighted by atomic mass is 9.74. The van der Waals surface area contributed by atoms with Gasteiger partial charge < -0.3 is 15.0 Å². The van der Waals surface area contributed by atoms with Gasteiger partial charge in [-0.2, -0.15) is 0 Å². The maximum absolute atomic E-state index is 9.47. The first kappa shape index (κ1) is 14.5. The second-order valence-electron chi connectivity index (χ2n) is 6.08. The summed E-state index contributed by atoms with van der Waals surface area (Å²) in [6.07, 6.45) is 4.61. The third-order valence-corrected chi connectivity index (χ3v) is 4.74. The van der Waals surface area contributed by atoms with Gasteiger partial charge in [0.05, 0.1) is 17.6 Å². The standard InChI is InChI=1S/C17H25N3O/c1-2-7-17(8-10-18-11-9-17)16-19-14-5-3-4-6-15(14)20(16)12-13-21/h3-6,18,21H,2,7-13H2,1H3. The highest BCUT2D eigenvalue weighted by molar-refractivity contribution is 5.76. The predicted octanol–water partition coefficient (Wildman–Crippen LogP) is 2.45. The molecule has 114 valence electrons. The molecular weight excluding hydrogens is 262 g/mol. The summed E-state index contributed by atoms with van der Waals surface area (Å²) in [5.74, 6) is 1.18. The molecule has 21 heavy (non-hydrogen) atoms. The summed E-state index contributed by atoms with van der Waals surface area (Å²) in [4.78, 5) is 4.97. The lowest BCUT2D eigenvalue weighted by Crippen LogP contribution is -2.41. The zero-order valence-electron chi connectivity index (χ0n) is 12.8. The fourth-order valence-electron chi connectivity index (χ4n) is 3.78. The Balaban J connectivity index is 2.13. The van der Waals surface area contributed by atoms with Crippen molar-refractivity contribution >= 4 is 11.0 Å². The van der Waals surface area contributed by atoms with Crippen LogP contribution in [0.2, 0.25) is 0 Å². The molecule has 0 aliphatic carbocycles. The number of nitrogens with zero attached hydrogens (tertiary/aromatic N) is 2. The Kier molecular flexibility index (Phi) is 4.27. The minimum atomic E-state index is 0.161. The summed E-state index contributed by atoms with van der Waals surface area (Å²) in [5, 5.41) is 12.9. The average molecular weight is 287 g/mol. The number of nitrogens with one attached hydrogen (secondary N) is 1. The van der Waals surface area contributed by atoms with E-state index in [0.29, 0.717) is 6.54 Å². The van der Waals surface area contributed by atoms with Gasteiger partial charge in [0.2, 0.25) is 0 Å². The van der Waals surface area contributed by atoms with E-state index in [0.717, 1.165) is 37.0 Å². The van der Waals surface area contributed by atoms with E-state index in [2.05, 4.69) is 35.0 Å². The number of hydrogen-bond donors (Lipinski definition) is 2. The van der Waals surface area contributed by atoms with Crippen molar-refractivity contribution in [1.82, 2.24) is 14.9 Å². The smallest absolute Gasteiger partial charge is 0.116 e. The molecule has 0 amide bonds. The highest BCUT2D eigenvalue weighted by Gasteiger charge is 2.37. The minimum absolute atomic E-state index is 0.161. The number of rotatable bonds is 5. The predicted molar refractivity (Wildman–Crippen MR) is 85.5 cm³/mol. The second-order valence-corrected chi connectivity index (χ2v) is 6.08. The van der Waals surface area contributed by atoms with Crippen LogP contribution in [-0.4, -0.2) is 34.4 Å². The van der Waals surface area contributed by atoms with E-state index in [1.807, 2.05) is 6.07 Å². The van der Waals surface area contributed by atoms with Crippen LogP contribution in [-0.2, 0) is 12.0 Å². The lowest BCUT2D eigenvalue weighted by molar-refractivity contribution is 0.243. The number of fused-ring (bicyclic) bond motifs is 1. The summed E-state index contributed by atoms with van der Waals surface area (Å²) in [6.45, 7) is 5.16. The van der Waals surface area contributed by atoms with Crippen molar-refractivity contribution < 1.29 is 5.11 Å². The summed E-state index contributed by atoms with van der Waals surface area (Å²) in [5.41, 5.74) is 2.36. The fourth-order valence-corrected chi connectivity index (χ4v) is 3.78. The molecule has 4 nitrogen and oxygen atoms in total. The molecule has 1 aliphatic heterocycles. The number of aliphatic hydroxyl groups is 1. The molecule has 0 unspecified atom stereocenters. The Labute approximate surface area is 126 Å². The minimum Gasteiger partial charge on any atom is -0.395 e. The van der Waals surface area contributed by atoms with E-state index in [1.165, 1.54) is 18.7 Å². The van der Waals surface area contributed by atoms with Gasteiger partial charge in [0.25, 0.3) is 0 Å². The number of piperidine rings is 1. The Bertz CT molecular complexity index is 594. The van der Waals surface area contributed by atoms with Gasteiger partial charge in [0, 0.05) is 12.0 Å². The number of para-hydroxylation sites is 2. The fraction of sp³-hybridized carbons (Fsp3) is 0.588. The topological polar surface area (TPSA) is 50.1 Å². The summed E-state index contributed by atoms with van der Waals surface area (Å²) in [7, 11) is 0. The number of hydrogen-bond acceptors (Lipinski definition) is 3. The molecule has 0 atom stereocenters. The van der Waals surface area contributed by atoms with E-state index >= 15 is 0 Å². The number of benzene rings is 1. The van der Waals surface area contributed by atoms with E-state index < -0.39 is 0 Å². The first-order valence-corrected chi connectivity index (χ1v) is 8.08. The third-order valence-electron chi connectivity index (χ3n) is 4.74. The van der Waals surface area contributed by atoms with E-state index in [9.17, 15) is 5.11 Å². The van der Waals surface area contributed by atoms with E-state index in [-0.39, 0.29) is 12.0 Å². The van der Waals surface area contributed by atoms with Gasteiger partial charge in [-0.25, -0.2) is 4.98 Å². The molecule has 2 aromatic rings. The maximum atomic E-state index is 9.47. The van der Waals surface area contributed by atoms with Gasteiger partial charge in [0.1, 0.15) is 5.82 Å². The summed E-state index contributed by atoms with van der Waals surface area (Å²) in [6, 6.07) is 8.28. The van der Waals surface area contributed by atoms with Crippen LogP contribution in [0.1, 0.15) is 38.4 Å². The van der Waals surface area contributed by atoms with Crippen molar-refractivity contribution in [2.45, 2.75) is 44.6 Å². The van der Waals surface area contributed by atoms with Crippen LogP contribution in [0.5, 0.6) is 0 Å². The SMILES string of the molecule is CCCC1(c2nc3ccccc3n2CCO)CCNCC1. The van der Waals surface area contributed by atoms with Crippen molar-refractivity contribution in [3.8, 4) is 0 Å². The van der Waals surface area contributed by atoms with Crippen molar-refractivity contribution in [2.75, 3.05) is 19.7 Å². The van der Waals surface area contributed by atoms with Crippen LogP contribution in [0, 0.1) is 0 Å². The zero-order chi connectivity index (χ0) is 14.7. The largest absolute Gasteiger partial charge is 0.395 e. The highest BCUT2D eigenvalue weighted by atomic mass is 16.3. The van der Waals surface area contributed by atoms with Gasteiger partial charge in [-0.15, -0.1) is 0 Å². The van der Waals surface area contributed by atoms with Crippen LogP contribution in [0.3, 0.4) is 0 Å². The molecular formula is C17H25N3O. The molecule has 0 bridgehead atoms. The second kappa shape index (κ2) is 6.16. The van der Waals surface area contributed by atoms with E-state index in [1.54, 1.807) is 0 Å². The Hall–Kier alpha value is -1.39. The van der Waals surface area contributed by atoms with Gasteiger partial charge in [-0.3, -0.25) is 0 Å². The molecule has 2 N–H and O–H groups in total. The molecule has 0 spiro atoms. The number of imidazole rings is 1. The number of aromatic nitrogens is 2. The molecule has 0 radical (unpaired) electrons. The first-order chi connectivity index (χ1) is 10.3. The van der Waals surface area contributed by atoms with Crippen molar-refractivity contribution in [3.63, 3.8) is 0 Å². The Morgan fingerprint density at radius 1 is 1.29 bits per heavy atom. The molecule has 2 heterocycles. The molecule has 4 heteroatoms. The molecule has 1 aromatic carbocycles. The molecule has 0 saturated carbocycles. The van der Waals surface area contributed by atoms with Crippen LogP contribution in [0.4, 0.5) is 0 Å². The summed E-state index contributed by atoms with van der Waals surface area (Å²) < 4.78 is 2.25. The van der Waals surface area contributed by atoms with Gasteiger partial charge in [-0.1, -0.05) is 25.5 Å². The molecule has 1 aliphatic rings. The van der Waals surface area contributed by atoms with Crippen LogP contribution < -0.4 is 5.32 Å². The molecule has 1 saturated heterocycles. The Morgan fingerprint density at radius 3 is 2.76 bits per heavy atom. The normalized spacial score (nSPS) is 18.2. The van der Waals surface area contributed by atoms with Gasteiger partial charge in [-0.05, 0) is 44.5 Å². The maximum Gasteiger partial charge on any atom is 0.116 e. The Morgan fingerprint density at radius 2 is 2.05 bits per heavy atom. The van der Waals surface area contributed by atoms with Crippen LogP contribution >= 0.6 is 0 Å². The average Bonchev–Trinajstić information content (AvgIpc) is 2.89. The van der Waals surface area contributed by atoms with Crippen molar-refractivity contribution in [1.29, 1.82) is 0 Å². The van der Waals surface area contributed by atoms with Gasteiger partial charge >= 0.3 is 0 Å². The molecule has 3 rings (SSSR count). The number of aliphatic hydroxyl groups excluding tert-OH is 1.